The number of fused-ring (bicyclic) bond motifs is 4. The molecule has 0 aliphatic carbocycles. The van der Waals surface area contributed by atoms with Crippen LogP contribution in [0.15, 0.2) is 72.8 Å². The van der Waals surface area contributed by atoms with Crippen LogP contribution >= 0.6 is 12.2 Å². The van der Waals surface area contributed by atoms with Crippen molar-refractivity contribution in [3.05, 3.63) is 72.8 Å². The van der Waals surface area contributed by atoms with E-state index in [0.717, 1.165) is 44.5 Å². The molecule has 0 amide bonds. The van der Waals surface area contributed by atoms with Crippen molar-refractivity contribution in [2.45, 2.75) is 0 Å². The monoisotopic (exact) mass is 369 g/mol. The summed E-state index contributed by atoms with van der Waals surface area (Å²) in [5, 5.41) is 7.96. The van der Waals surface area contributed by atoms with Gasteiger partial charge in [0, 0.05) is 22.3 Å². The predicted octanol–water partition coefficient (Wildman–Crippen LogP) is 5.07. The van der Waals surface area contributed by atoms with Crippen LogP contribution in [0.4, 0.5) is 11.4 Å². The summed E-state index contributed by atoms with van der Waals surface area (Å²) in [5.74, 6) is 0. The minimum absolute atomic E-state index is 0.539. The fourth-order valence-corrected chi connectivity index (χ4v) is 3.38. The third-order valence-electron chi connectivity index (χ3n) is 4.39. The van der Waals surface area contributed by atoms with Crippen molar-refractivity contribution in [3.8, 4) is 0 Å². The Morgan fingerprint density at radius 3 is 2.30 bits per heavy atom. The number of anilines is 2. The van der Waals surface area contributed by atoms with Crippen LogP contribution in [0, 0.1) is 0 Å². The molecule has 5 rings (SSSR count). The second-order valence-corrected chi connectivity index (χ2v) is 6.65. The van der Waals surface area contributed by atoms with Gasteiger partial charge in [0.2, 0.25) is 0 Å². The Morgan fingerprint density at radius 1 is 0.778 bits per heavy atom. The van der Waals surface area contributed by atoms with Gasteiger partial charge in [-0.1, -0.05) is 30.3 Å². The summed E-state index contributed by atoms with van der Waals surface area (Å²) in [6.07, 6.45) is 0. The van der Waals surface area contributed by atoms with E-state index in [0.29, 0.717) is 5.11 Å². The molecule has 0 saturated heterocycles. The maximum absolute atomic E-state index is 5.42. The molecule has 6 heteroatoms. The number of nitrogens with one attached hydrogen (secondary N) is 3. The highest BCUT2D eigenvalue weighted by atomic mass is 32.1. The van der Waals surface area contributed by atoms with Crippen molar-refractivity contribution in [2.24, 2.45) is 0 Å². The van der Waals surface area contributed by atoms with Gasteiger partial charge >= 0.3 is 0 Å². The van der Waals surface area contributed by atoms with Gasteiger partial charge in [-0.25, -0.2) is 9.97 Å². The van der Waals surface area contributed by atoms with E-state index in [1.54, 1.807) is 0 Å². The van der Waals surface area contributed by atoms with Gasteiger partial charge in [-0.05, 0) is 54.7 Å². The van der Waals surface area contributed by atoms with Crippen molar-refractivity contribution in [3.63, 3.8) is 0 Å². The minimum Gasteiger partial charge on any atom is -0.338 e. The van der Waals surface area contributed by atoms with Crippen LogP contribution in [0.3, 0.4) is 0 Å². The lowest BCUT2D eigenvalue weighted by molar-refractivity contribution is 1.36. The molecular weight excluding hydrogens is 354 g/mol. The average molecular weight is 369 g/mol. The predicted molar refractivity (Wildman–Crippen MR) is 115 cm³/mol. The van der Waals surface area contributed by atoms with Crippen molar-refractivity contribution >= 4 is 61.8 Å². The van der Waals surface area contributed by atoms with Gasteiger partial charge in [0.15, 0.2) is 10.8 Å². The SMILES string of the molecule is S=C(Nc1ccccc1)Nc1ccc2[nH]c3nc4ccccc4nc3c2c1. The molecule has 0 radical (unpaired) electrons. The van der Waals surface area contributed by atoms with Gasteiger partial charge in [0.1, 0.15) is 5.52 Å². The van der Waals surface area contributed by atoms with Crippen LogP contribution in [-0.2, 0) is 0 Å². The van der Waals surface area contributed by atoms with Crippen molar-refractivity contribution in [2.75, 3.05) is 10.6 Å². The molecule has 2 heterocycles. The van der Waals surface area contributed by atoms with Gasteiger partial charge < -0.3 is 15.6 Å². The van der Waals surface area contributed by atoms with E-state index < -0.39 is 0 Å². The highest BCUT2D eigenvalue weighted by molar-refractivity contribution is 7.80. The Balaban J connectivity index is 1.51. The Labute approximate surface area is 160 Å². The summed E-state index contributed by atoms with van der Waals surface area (Å²) in [5.41, 5.74) is 6.23. The van der Waals surface area contributed by atoms with Gasteiger partial charge in [0.05, 0.1) is 11.0 Å². The molecule has 0 bridgehead atoms. The van der Waals surface area contributed by atoms with Crippen molar-refractivity contribution in [1.29, 1.82) is 0 Å². The molecule has 0 fully saturated rings. The minimum atomic E-state index is 0.539. The van der Waals surface area contributed by atoms with E-state index >= 15 is 0 Å². The fourth-order valence-electron chi connectivity index (χ4n) is 3.14. The first-order valence-electron chi connectivity index (χ1n) is 8.57. The standard InChI is InChI=1S/C21H15N5S/c27-21(22-13-6-2-1-3-7-13)23-14-10-11-16-15(12-14)19-20(25-16)26-18-9-5-4-8-17(18)24-19/h1-12H,(H,25,26)(H2,22,23,27). The number of H-pyrrole nitrogens is 1. The lowest BCUT2D eigenvalue weighted by atomic mass is 10.2. The van der Waals surface area contributed by atoms with E-state index in [2.05, 4.69) is 20.6 Å². The van der Waals surface area contributed by atoms with Crippen LogP contribution in [0.5, 0.6) is 0 Å². The van der Waals surface area contributed by atoms with Gasteiger partial charge in [-0.3, -0.25) is 0 Å². The molecule has 5 nitrogen and oxygen atoms in total. The Kier molecular flexibility index (Phi) is 3.69. The molecule has 0 spiro atoms. The summed E-state index contributed by atoms with van der Waals surface area (Å²) in [7, 11) is 0. The number of rotatable bonds is 2. The van der Waals surface area contributed by atoms with E-state index in [1.807, 2.05) is 72.8 Å². The van der Waals surface area contributed by atoms with Crippen LogP contribution in [0.2, 0.25) is 0 Å². The summed E-state index contributed by atoms with van der Waals surface area (Å²) in [6, 6.07) is 23.7. The molecule has 2 aromatic heterocycles. The molecule has 0 saturated carbocycles. The Hall–Kier alpha value is -3.51. The number of aromatic nitrogens is 3. The average Bonchev–Trinajstić information content (AvgIpc) is 3.04. The third kappa shape index (κ3) is 2.96. The molecule has 0 aliphatic heterocycles. The smallest absolute Gasteiger partial charge is 0.175 e. The first-order chi connectivity index (χ1) is 13.3. The van der Waals surface area contributed by atoms with Crippen LogP contribution < -0.4 is 10.6 Å². The number of thiocarbonyl (C=S) groups is 1. The molecule has 0 unspecified atom stereocenters. The number of nitrogens with zero attached hydrogens (tertiary/aromatic N) is 2. The fraction of sp³-hybridized carbons (Fsp3) is 0. The first-order valence-corrected chi connectivity index (χ1v) is 8.98. The van der Waals surface area contributed by atoms with Crippen LogP contribution in [0.1, 0.15) is 0 Å². The van der Waals surface area contributed by atoms with Gasteiger partial charge in [-0.15, -0.1) is 0 Å². The second kappa shape index (κ2) is 6.34. The Morgan fingerprint density at radius 2 is 1.48 bits per heavy atom. The number of hydrogen-bond donors (Lipinski definition) is 3. The Bertz CT molecular complexity index is 1290. The van der Waals surface area contributed by atoms with Crippen molar-refractivity contribution < 1.29 is 0 Å². The number of aromatic amines is 1. The topological polar surface area (TPSA) is 65.6 Å². The van der Waals surface area contributed by atoms with Crippen LogP contribution in [0.25, 0.3) is 33.1 Å². The molecular formula is C21H15N5S. The number of para-hydroxylation sites is 3. The lowest BCUT2D eigenvalue weighted by Gasteiger charge is -2.10. The van der Waals surface area contributed by atoms with E-state index in [-0.39, 0.29) is 0 Å². The summed E-state index contributed by atoms with van der Waals surface area (Å²) >= 11 is 5.42. The van der Waals surface area contributed by atoms with Gasteiger partial charge in [-0.2, -0.15) is 0 Å². The van der Waals surface area contributed by atoms with Crippen molar-refractivity contribution in [1.82, 2.24) is 15.0 Å². The third-order valence-corrected chi connectivity index (χ3v) is 4.59. The lowest BCUT2D eigenvalue weighted by Crippen LogP contribution is -2.18. The number of hydrogen-bond acceptors (Lipinski definition) is 3. The summed E-state index contributed by atoms with van der Waals surface area (Å²) < 4.78 is 0. The first kappa shape index (κ1) is 15.7. The zero-order chi connectivity index (χ0) is 18.2. The molecule has 3 N–H and O–H groups in total. The molecule has 5 aromatic rings. The highest BCUT2D eigenvalue weighted by Gasteiger charge is 2.10. The summed E-state index contributed by atoms with van der Waals surface area (Å²) in [6.45, 7) is 0. The molecule has 0 atom stereocenters. The number of benzene rings is 3. The molecule has 27 heavy (non-hydrogen) atoms. The maximum Gasteiger partial charge on any atom is 0.175 e. The quantitative estimate of drug-likeness (QED) is 0.379. The van der Waals surface area contributed by atoms with Crippen LogP contribution in [-0.4, -0.2) is 20.1 Å². The van der Waals surface area contributed by atoms with E-state index in [1.165, 1.54) is 0 Å². The second-order valence-electron chi connectivity index (χ2n) is 6.24. The van der Waals surface area contributed by atoms with Gasteiger partial charge in [0.25, 0.3) is 0 Å². The zero-order valence-electron chi connectivity index (χ0n) is 14.2. The van der Waals surface area contributed by atoms with E-state index in [4.69, 9.17) is 17.2 Å². The summed E-state index contributed by atoms with van der Waals surface area (Å²) in [4.78, 5) is 12.8. The molecule has 0 aliphatic rings. The molecule has 130 valence electrons. The highest BCUT2D eigenvalue weighted by Crippen LogP contribution is 2.27. The zero-order valence-corrected chi connectivity index (χ0v) is 15.0. The normalized spacial score (nSPS) is 11.1. The van der Waals surface area contributed by atoms with E-state index in [9.17, 15) is 0 Å². The molecule has 3 aromatic carbocycles. The largest absolute Gasteiger partial charge is 0.338 e. The maximum atomic E-state index is 5.42.